The third-order valence-corrected chi connectivity index (χ3v) is 5.14. The van der Waals surface area contributed by atoms with Crippen LogP contribution >= 0.6 is 11.6 Å². The van der Waals surface area contributed by atoms with Gasteiger partial charge in [-0.15, -0.1) is 0 Å². The maximum atomic E-state index is 12.5. The molecule has 2 aromatic rings. The summed E-state index contributed by atoms with van der Waals surface area (Å²) >= 11 is 6.12. The largest absolute Gasteiger partial charge is 0.399 e. The van der Waals surface area contributed by atoms with Crippen molar-refractivity contribution in [3.63, 3.8) is 0 Å². The zero-order chi connectivity index (χ0) is 14.9. The van der Waals surface area contributed by atoms with Crippen LogP contribution in [0, 0.1) is 20.8 Å². The van der Waals surface area contributed by atoms with Gasteiger partial charge in [-0.1, -0.05) is 29.3 Å². The number of anilines is 1. The van der Waals surface area contributed by atoms with Crippen molar-refractivity contribution >= 4 is 28.1 Å². The Hall–Kier alpha value is -1.32. The molecule has 2 nitrogen and oxygen atoms in total. The Kier molecular flexibility index (Phi) is 4.51. The van der Waals surface area contributed by atoms with Gasteiger partial charge in [-0.3, -0.25) is 4.21 Å². The van der Waals surface area contributed by atoms with E-state index in [1.165, 1.54) is 16.7 Å². The molecule has 0 aliphatic heterocycles. The lowest BCUT2D eigenvalue weighted by Gasteiger charge is -2.12. The normalized spacial score (nSPS) is 12.4. The monoisotopic (exact) mass is 307 g/mol. The van der Waals surface area contributed by atoms with Crippen molar-refractivity contribution in [2.45, 2.75) is 31.4 Å². The summed E-state index contributed by atoms with van der Waals surface area (Å²) in [6, 6.07) is 9.35. The number of nitrogen functional groups attached to an aromatic ring is 1. The fourth-order valence-electron chi connectivity index (χ4n) is 2.35. The second kappa shape index (κ2) is 5.98. The van der Waals surface area contributed by atoms with Crippen LogP contribution in [0.25, 0.3) is 0 Å². The minimum Gasteiger partial charge on any atom is -0.399 e. The van der Waals surface area contributed by atoms with Crippen LogP contribution in [0.2, 0.25) is 5.02 Å². The molecule has 2 aromatic carbocycles. The van der Waals surface area contributed by atoms with Crippen molar-refractivity contribution in [1.82, 2.24) is 0 Å². The minimum atomic E-state index is -1.17. The molecular weight excluding hydrogens is 290 g/mol. The molecule has 1 atom stereocenters. The molecule has 0 aromatic heterocycles. The first kappa shape index (κ1) is 15.1. The van der Waals surface area contributed by atoms with Gasteiger partial charge in [0.2, 0.25) is 0 Å². The molecule has 1 unspecified atom stereocenters. The van der Waals surface area contributed by atoms with Crippen LogP contribution in [0.15, 0.2) is 35.2 Å². The lowest BCUT2D eigenvalue weighted by Crippen LogP contribution is -2.02. The summed E-state index contributed by atoms with van der Waals surface area (Å²) in [5.74, 6) is 0.474. The molecular formula is C16H18ClNOS. The van der Waals surface area contributed by atoms with E-state index in [1.54, 1.807) is 18.2 Å². The van der Waals surface area contributed by atoms with Crippen LogP contribution in [-0.2, 0) is 16.6 Å². The summed E-state index contributed by atoms with van der Waals surface area (Å²) in [5.41, 5.74) is 10.9. The smallest absolute Gasteiger partial charge is 0.0589 e. The first-order valence-electron chi connectivity index (χ1n) is 6.38. The molecule has 0 aliphatic carbocycles. The van der Waals surface area contributed by atoms with E-state index in [4.69, 9.17) is 17.3 Å². The molecule has 0 radical (unpaired) electrons. The Balaban J connectivity index is 2.33. The van der Waals surface area contributed by atoms with Crippen molar-refractivity contribution in [2.24, 2.45) is 0 Å². The molecule has 0 amide bonds. The quantitative estimate of drug-likeness (QED) is 0.865. The van der Waals surface area contributed by atoms with Gasteiger partial charge in [-0.25, -0.2) is 0 Å². The fourth-order valence-corrected chi connectivity index (χ4v) is 4.16. The highest BCUT2D eigenvalue weighted by Gasteiger charge is 2.13. The maximum absolute atomic E-state index is 12.5. The summed E-state index contributed by atoms with van der Waals surface area (Å²) in [6.07, 6.45) is 0. The number of benzene rings is 2. The van der Waals surface area contributed by atoms with Crippen molar-refractivity contribution in [3.8, 4) is 0 Å². The third kappa shape index (κ3) is 3.22. The van der Waals surface area contributed by atoms with Gasteiger partial charge in [0.25, 0.3) is 0 Å². The standard InChI is InChI=1S/C16H18ClNOS/c1-10-6-11(2)14(12(3)7-10)9-20(19)16-5-4-13(18)8-15(16)17/h4-8H,9,18H2,1-3H3. The number of hydrogen-bond donors (Lipinski definition) is 1. The predicted octanol–water partition coefficient (Wildman–Crippen LogP) is 4.16. The molecule has 0 saturated heterocycles. The molecule has 0 bridgehead atoms. The second-order valence-corrected chi connectivity index (χ2v) is 6.88. The first-order valence-corrected chi connectivity index (χ1v) is 8.08. The molecule has 0 saturated carbocycles. The van der Waals surface area contributed by atoms with Crippen molar-refractivity contribution < 1.29 is 4.21 Å². The Morgan fingerprint density at radius 2 is 1.70 bits per heavy atom. The molecule has 0 spiro atoms. The van der Waals surface area contributed by atoms with Gasteiger partial charge >= 0.3 is 0 Å². The predicted molar refractivity (Wildman–Crippen MR) is 86.6 cm³/mol. The summed E-state index contributed by atoms with van der Waals surface area (Å²) in [5, 5.41) is 0.464. The average molecular weight is 308 g/mol. The molecule has 0 heterocycles. The van der Waals surface area contributed by atoms with E-state index >= 15 is 0 Å². The Bertz CT molecular complexity index is 659. The topological polar surface area (TPSA) is 43.1 Å². The average Bonchev–Trinajstić information content (AvgIpc) is 2.33. The highest BCUT2D eigenvalue weighted by Crippen LogP contribution is 2.26. The van der Waals surface area contributed by atoms with Gasteiger partial charge in [-0.05, 0) is 55.7 Å². The van der Waals surface area contributed by atoms with E-state index < -0.39 is 10.8 Å². The van der Waals surface area contributed by atoms with E-state index in [-0.39, 0.29) is 0 Å². The van der Waals surface area contributed by atoms with E-state index in [1.807, 2.05) is 0 Å². The lowest BCUT2D eigenvalue weighted by atomic mass is 10.0. The van der Waals surface area contributed by atoms with E-state index in [2.05, 4.69) is 32.9 Å². The molecule has 0 aliphatic rings. The zero-order valence-corrected chi connectivity index (χ0v) is 13.4. The summed E-state index contributed by atoms with van der Waals surface area (Å²) < 4.78 is 12.5. The number of nitrogens with two attached hydrogens (primary N) is 1. The SMILES string of the molecule is Cc1cc(C)c(CS(=O)c2ccc(N)cc2Cl)c(C)c1. The van der Waals surface area contributed by atoms with Crippen LogP contribution in [0.4, 0.5) is 5.69 Å². The summed E-state index contributed by atoms with van der Waals surface area (Å²) in [4.78, 5) is 0.639. The van der Waals surface area contributed by atoms with Crippen LogP contribution in [0.3, 0.4) is 0 Å². The van der Waals surface area contributed by atoms with Gasteiger partial charge in [0.1, 0.15) is 0 Å². The zero-order valence-electron chi connectivity index (χ0n) is 11.9. The maximum Gasteiger partial charge on any atom is 0.0589 e. The summed E-state index contributed by atoms with van der Waals surface area (Å²) in [7, 11) is -1.17. The van der Waals surface area contributed by atoms with Crippen molar-refractivity contribution in [2.75, 3.05) is 5.73 Å². The molecule has 2 N–H and O–H groups in total. The molecule has 106 valence electrons. The number of rotatable bonds is 3. The van der Waals surface area contributed by atoms with Gasteiger partial charge in [0.05, 0.1) is 26.5 Å². The van der Waals surface area contributed by atoms with E-state index in [0.29, 0.717) is 21.4 Å². The Morgan fingerprint density at radius 1 is 1.10 bits per heavy atom. The van der Waals surface area contributed by atoms with Crippen molar-refractivity contribution in [3.05, 3.63) is 57.6 Å². The second-order valence-electron chi connectivity index (χ2n) is 5.06. The number of hydrogen-bond acceptors (Lipinski definition) is 2. The Morgan fingerprint density at radius 3 is 2.25 bits per heavy atom. The Labute approximate surface area is 127 Å². The number of halogens is 1. The van der Waals surface area contributed by atoms with Crippen LogP contribution in [0.5, 0.6) is 0 Å². The molecule has 20 heavy (non-hydrogen) atoms. The van der Waals surface area contributed by atoms with Crippen LogP contribution in [0.1, 0.15) is 22.3 Å². The van der Waals surface area contributed by atoms with Crippen molar-refractivity contribution in [1.29, 1.82) is 0 Å². The van der Waals surface area contributed by atoms with Crippen LogP contribution in [-0.4, -0.2) is 4.21 Å². The third-order valence-electron chi connectivity index (χ3n) is 3.32. The van der Waals surface area contributed by atoms with Crippen LogP contribution < -0.4 is 5.73 Å². The van der Waals surface area contributed by atoms with E-state index in [9.17, 15) is 4.21 Å². The minimum absolute atomic E-state index is 0.464. The van der Waals surface area contributed by atoms with Gasteiger partial charge in [0, 0.05) is 5.69 Å². The van der Waals surface area contributed by atoms with E-state index in [0.717, 1.165) is 5.56 Å². The van der Waals surface area contributed by atoms with Gasteiger partial charge < -0.3 is 5.73 Å². The van der Waals surface area contributed by atoms with Gasteiger partial charge in [-0.2, -0.15) is 0 Å². The lowest BCUT2D eigenvalue weighted by molar-refractivity contribution is 0.682. The molecule has 0 fully saturated rings. The highest BCUT2D eigenvalue weighted by molar-refractivity contribution is 7.84. The number of aryl methyl sites for hydroxylation is 3. The van der Waals surface area contributed by atoms with Gasteiger partial charge in [0.15, 0.2) is 0 Å². The molecule has 2 rings (SSSR count). The highest BCUT2D eigenvalue weighted by atomic mass is 35.5. The summed E-state index contributed by atoms with van der Waals surface area (Å²) in [6.45, 7) is 6.17. The molecule has 4 heteroatoms. The fraction of sp³-hybridized carbons (Fsp3) is 0.250. The first-order chi connectivity index (χ1) is 9.38.